The van der Waals surface area contributed by atoms with E-state index in [-0.39, 0.29) is 11.6 Å². The minimum absolute atomic E-state index is 0.144. The van der Waals surface area contributed by atoms with Crippen molar-refractivity contribution in [3.8, 4) is 0 Å². The quantitative estimate of drug-likeness (QED) is 0.862. The average molecular weight is 316 g/mol. The molecule has 2 N–H and O–H groups in total. The molecule has 1 aliphatic heterocycles. The van der Waals surface area contributed by atoms with Gasteiger partial charge in [0.25, 0.3) is 10.0 Å². The number of nitrogens with zero attached hydrogens (tertiary/aromatic N) is 3. The Morgan fingerprint density at radius 1 is 1.60 bits per heavy atom. The SMILES string of the molecule is CCNc1nc2sccn2c1S(=O)(=O)N1CCC(O)C1. The van der Waals surface area contributed by atoms with Crippen molar-refractivity contribution in [2.75, 3.05) is 25.0 Å². The topological polar surface area (TPSA) is 86.9 Å². The molecule has 0 amide bonds. The summed E-state index contributed by atoms with van der Waals surface area (Å²) in [7, 11) is -3.66. The molecule has 1 aliphatic rings. The van der Waals surface area contributed by atoms with Crippen LogP contribution in [-0.4, -0.2) is 53.0 Å². The normalized spacial score (nSPS) is 20.8. The van der Waals surface area contributed by atoms with Crippen molar-refractivity contribution < 1.29 is 13.5 Å². The number of hydrogen-bond acceptors (Lipinski definition) is 6. The van der Waals surface area contributed by atoms with Crippen LogP contribution in [0.5, 0.6) is 0 Å². The monoisotopic (exact) mass is 316 g/mol. The van der Waals surface area contributed by atoms with E-state index in [9.17, 15) is 13.5 Å². The van der Waals surface area contributed by atoms with Gasteiger partial charge in [-0.1, -0.05) is 0 Å². The second-order valence-electron chi connectivity index (χ2n) is 4.66. The van der Waals surface area contributed by atoms with Gasteiger partial charge in [0.05, 0.1) is 6.10 Å². The summed E-state index contributed by atoms with van der Waals surface area (Å²) < 4.78 is 28.4. The zero-order valence-electron chi connectivity index (χ0n) is 11.0. The van der Waals surface area contributed by atoms with Crippen LogP contribution in [0, 0.1) is 0 Å². The van der Waals surface area contributed by atoms with Crippen LogP contribution in [0.25, 0.3) is 4.96 Å². The lowest BCUT2D eigenvalue weighted by Crippen LogP contribution is -2.31. The number of rotatable bonds is 4. The van der Waals surface area contributed by atoms with Crippen LogP contribution in [-0.2, 0) is 10.0 Å². The number of aromatic nitrogens is 2. The van der Waals surface area contributed by atoms with Gasteiger partial charge in [0.2, 0.25) is 0 Å². The molecule has 3 rings (SSSR count). The third-order valence-corrected chi connectivity index (χ3v) is 5.92. The predicted molar refractivity (Wildman–Crippen MR) is 76.6 cm³/mol. The van der Waals surface area contributed by atoms with E-state index in [2.05, 4.69) is 10.3 Å². The lowest BCUT2D eigenvalue weighted by molar-refractivity contribution is 0.189. The standard InChI is InChI=1S/C11H16N4O3S2/c1-2-12-9-10(15-5-6-19-11(15)13-9)20(17,18)14-4-3-8(16)7-14/h5-6,8,12,16H,2-4,7H2,1H3. The molecule has 9 heteroatoms. The molecule has 110 valence electrons. The van der Waals surface area contributed by atoms with Crippen LogP contribution >= 0.6 is 11.3 Å². The molecule has 1 unspecified atom stereocenters. The average Bonchev–Trinajstić information content (AvgIpc) is 3.04. The number of hydrogen-bond donors (Lipinski definition) is 2. The van der Waals surface area contributed by atoms with Crippen LogP contribution < -0.4 is 5.32 Å². The van der Waals surface area contributed by atoms with Crippen LogP contribution in [0.15, 0.2) is 16.6 Å². The van der Waals surface area contributed by atoms with Crippen molar-refractivity contribution in [3.63, 3.8) is 0 Å². The highest BCUT2D eigenvalue weighted by Crippen LogP contribution is 2.29. The molecular formula is C11H16N4O3S2. The van der Waals surface area contributed by atoms with Gasteiger partial charge in [-0.3, -0.25) is 4.40 Å². The van der Waals surface area contributed by atoms with Crippen LogP contribution in [0.2, 0.25) is 0 Å². The largest absolute Gasteiger partial charge is 0.392 e. The number of sulfonamides is 1. The highest BCUT2D eigenvalue weighted by atomic mass is 32.2. The van der Waals surface area contributed by atoms with E-state index in [1.165, 1.54) is 15.6 Å². The van der Waals surface area contributed by atoms with Gasteiger partial charge in [0.15, 0.2) is 15.8 Å². The van der Waals surface area contributed by atoms with Crippen LogP contribution in [0.1, 0.15) is 13.3 Å². The number of nitrogens with one attached hydrogen (secondary N) is 1. The molecule has 1 saturated heterocycles. The van der Waals surface area contributed by atoms with Crippen molar-refractivity contribution in [1.82, 2.24) is 13.7 Å². The number of imidazole rings is 1. The summed E-state index contributed by atoms with van der Waals surface area (Å²) in [5, 5.41) is 14.5. The number of β-amino-alcohol motifs (C(OH)–C–C–N with tert-alkyl or cyclic N) is 1. The summed E-state index contributed by atoms with van der Waals surface area (Å²) in [5.41, 5.74) is 0. The van der Waals surface area contributed by atoms with Crippen molar-refractivity contribution in [3.05, 3.63) is 11.6 Å². The Balaban J connectivity index is 2.11. The van der Waals surface area contributed by atoms with Gasteiger partial charge >= 0.3 is 0 Å². The second kappa shape index (κ2) is 4.99. The Kier molecular flexibility index (Phi) is 3.44. The summed E-state index contributed by atoms with van der Waals surface area (Å²) in [6.45, 7) is 2.97. The van der Waals surface area contributed by atoms with Gasteiger partial charge in [-0.25, -0.2) is 13.4 Å². The Labute approximate surface area is 120 Å². The van der Waals surface area contributed by atoms with Crippen molar-refractivity contribution in [1.29, 1.82) is 0 Å². The highest BCUT2D eigenvalue weighted by molar-refractivity contribution is 7.89. The molecule has 0 spiro atoms. The summed E-state index contributed by atoms with van der Waals surface area (Å²) >= 11 is 1.39. The van der Waals surface area contributed by atoms with Gasteiger partial charge < -0.3 is 10.4 Å². The molecule has 0 aromatic carbocycles. The van der Waals surface area contributed by atoms with E-state index in [1.807, 2.05) is 6.92 Å². The summed E-state index contributed by atoms with van der Waals surface area (Å²) in [6, 6.07) is 0. The van der Waals surface area contributed by atoms with Crippen LogP contribution in [0.3, 0.4) is 0 Å². The van der Waals surface area contributed by atoms with E-state index in [0.29, 0.717) is 30.3 Å². The minimum atomic E-state index is -3.66. The molecule has 1 fully saturated rings. The first-order valence-corrected chi connectivity index (χ1v) is 8.73. The Hall–Kier alpha value is -1.16. The maximum atomic E-state index is 12.8. The van der Waals surface area contributed by atoms with Gasteiger partial charge in [-0.15, -0.1) is 11.3 Å². The highest BCUT2D eigenvalue weighted by Gasteiger charge is 2.36. The molecule has 20 heavy (non-hydrogen) atoms. The fraction of sp³-hybridized carbons (Fsp3) is 0.545. The molecule has 2 aromatic heterocycles. The van der Waals surface area contributed by atoms with E-state index < -0.39 is 16.1 Å². The van der Waals surface area contributed by atoms with Gasteiger partial charge in [-0.2, -0.15) is 4.31 Å². The Bertz CT molecular complexity index is 721. The summed E-state index contributed by atoms with van der Waals surface area (Å²) in [4.78, 5) is 4.96. The van der Waals surface area contributed by atoms with Gasteiger partial charge in [-0.05, 0) is 13.3 Å². The van der Waals surface area contributed by atoms with Crippen molar-refractivity contribution in [2.24, 2.45) is 0 Å². The first-order valence-electron chi connectivity index (χ1n) is 6.41. The lowest BCUT2D eigenvalue weighted by Gasteiger charge is -2.16. The molecular weight excluding hydrogens is 300 g/mol. The number of aliphatic hydroxyl groups is 1. The first-order chi connectivity index (χ1) is 9.54. The zero-order chi connectivity index (χ0) is 14.3. The zero-order valence-corrected chi connectivity index (χ0v) is 12.6. The minimum Gasteiger partial charge on any atom is -0.392 e. The first kappa shape index (κ1) is 13.8. The third kappa shape index (κ3) is 2.10. The van der Waals surface area contributed by atoms with E-state index >= 15 is 0 Å². The Morgan fingerprint density at radius 3 is 3.05 bits per heavy atom. The Morgan fingerprint density at radius 2 is 2.40 bits per heavy atom. The molecule has 0 saturated carbocycles. The molecule has 3 heterocycles. The maximum absolute atomic E-state index is 12.8. The number of aliphatic hydroxyl groups excluding tert-OH is 1. The fourth-order valence-corrected chi connectivity index (χ4v) is 4.83. The van der Waals surface area contributed by atoms with Gasteiger partial charge in [0.1, 0.15) is 0 Å². The molecule has 0 aliphatic carbocycles. The summed E-state index contributed by atoms with van der Waals surface area (Å²) in [6.07, 6.45) is 1.59. The fourth-order valence-electron chi connectivity index (χ4n) is 2.35. The molecule has 2 aromatic rings. The maximum Gasteiger partial charge on any atom is 0.262 e. The lowest BCUT2D eigenvalue weighted by atomic mass is 10.3. The predicted octanol–water partition coefficient (Wildman–Crippen LogP) is 0.583. The van der Waals surface area contributed by atoms with E-state index in [0.717, 1.165) is 0 Å². The van der Waals surface area contributed by atoms with Crippen LogP contribution in [0.4, 0.5) is 5.82 Å². The smallest absolute Gasteiger partial charge is 0.262 e. The van der Waals surface area contributed by atoms with E-state index in [1.54, 1.807) is 16.0 Å². The van der Waals surface area contributed by atoms with Crippen molar-refractivity contribution >= 4 is 32.1 Å². The van der Waals surface area contributed by atoms with E-state index in [4.69, 9.17) is 0 Å². The molecule has 7 nitrogen and oxygen atoms in total. The summed E-state index contributed by atoms with van der Waals surface area (Å²) in [5.74, 6) is 0.376. The molecule has 1 atom stereocenters. The molecule has 0 bridgehead atoms. The number of thiazole rings is 1. The molecule has 0 radical (unpaired) electrons. The number of anilines is 1. The van der Waals surface area contributed by atoms with Crippen molar-refractivity contribution in [2.45, 2.75) is 24.5 Å². The van der Waals surface area contributed by atoms with Gasteiger partial charge in [0, 0.05) is 31.2 Å². The second-order valence-corrected chi connectivity index (χ2v) is 7.38. The number of fused-ring (bicyclic) bond motifs is 1. The third-order valence-electron chi connectivity index (χ3n) is 3.27.